The van der Waals surface area contributed by atoms with Gasteiger partial charge in [0, 0.05) is 18.4 Å². The van der Waals surface area contributed by atoms with Crippen LogP contribution in [-0.2, 0) is 0 Å². The Labute approximate surface area is 108 Å². The third-order valence-corrected chi connectivity index (χ3v) is 3.39. The first kappa shape index (κ1) is 10.8. The van der Waals surface area contributed by atoms with Crippen LogP contribution in [0.25, 0.3) is 18.2 Å². The molecule has 0 atom stereocenters. The van der Waals surface area contributed by atoms with E-state index in [-0.39, 0.29) is 0 Å². The van der Waals surface area contributed by atoms with Crippen LogP contribution in [0.15, 0.2) is 49.0 Å². The average Bonchev–Trinajstić information content (AvgIpc) is 2.57. The number of benzene rings is 2. The second-order valence-electron chi connectivity index (χ2n) is 4.47. The fraction of sp³-hybridized carbons (Fsp3) is 0.0588. The van der Waals surface area contributed by atoms with Gasteiger partial charge in [-0.15, -0.1) is 0 Å². The number of para-hydroxylation sites is 1. The molecule has 2 aromatic rings. The molecule has 1 nitrogen and oxygen atoms in total. The Morgan fingerprint density at radius 3 is 2.50 bits per heavy atom. The molecular weight excluding hydrogens is 218 g/mol. The molecule has 0 fully saturated rings. The van der Waals surface area contributed by atoms with Gasteiger partial charge in [-0.2, -0.15) is 0 Å². The van der Waals surface area contributed by atoms with Crippen molar-refractivity contribution in [3.8, 4) is 0 Å². The first-order valence-electron chi connectivity index (χ1n) is 6.07. The SMILES string of the molecule is C=Cc1ccc2c(c1)C=Cc1ccccc1N2C. The maximum Gasteiger partial charge on any atom is 0.0482 e. The van der Waals surface area contributed by atoms with E-state index in [4.69, 9.17) is 0 Å². The van der Waals surface area contributed by atoms with Gasteiger partial charge in [0.1, 0.15) is 0 Å². The van der Waals surface area contributed by atoms with Crippen molar-refractivity contribution in [3.63, 3.8) is 0 Å². The number of fused-ring (bicyclic) bond motifs is 2. The summed E-state index contributed by atoms with van der Waals surface area (Å²) in [6.07, 6.45) is 6.22. The lowest BCUT2D eigenvalue weighted by Crippen LogP contribution is -2.11. The zero-order valence-electron chi connectivity index (χ0n) is 10.4. The van der Waals surface area contributed by atoms with Gasteiger partial charge in [-0.25, -0.2) is 0 Å². The van der Waals surface area contributed by atoms with Crippen LogP contribution in [0.5, 0.6) is 0 Å². The largest absolute Gasteiger partial charge is 0.344 e. The van der Waals surface area contributed by atoms with Gasteiger partial charge in [0.15, 0.2) is 0 Å². The minimum Gasteiger partial charge on any atom is -0.344 e. The summed E-state index contributed by atoms with van der Waals surface area (Å²) in [5.41, 5.74) is 6.08. The van der Waals surface area contributed by atoms with E-state index in [1.165, 1.54) is 22.5 Å². The molecule has 0 unspecified atom stereocenters. The number of hydrogen-bond donors (Lipinski definition) is 0. The molecule has 0 aliphatic carbocycles. The summed E-state index contributed by atoms with van der Waals surface area (Å²) in [4.78, 5) is 2.23. The second-order valence-corrected chi connectivity index (χ2v) is 4.47. The van der Waals surface area contributed by atoms with Crippen molar-refractivity contribution < 1.29 is 0 Å². The van der Waals surface area contributed by atoms with Gasteiger partial charge < -0.3 is 4.90 Å². The summed E-state index contributed by atoms with van der Waals surface area (Å²) in [6, 6.07) is 14.9. The Balaban J connectivity index is 2.22. The van der Waals surface area contributed by atoms with Gasteiger partial charge in [-0.3, -0.25) is 0 Å². The molecule has 1 aliphatic rings. The van der Waals surface area contributed by atoms with Crippen molar-refractivity contribution in [1.82, 2.24) is 0 Å². The summed E-state index contributed by atoms with van der Waals surface area (Å²) in [5, 5.41) is 0. The average molecular weight is 233 g/mol. The third kappa shape index (κ3) is 1.65. The summed E-state index contributed by atoms with van der Waals surface area (Å²) >= 11 is 0. The van der Waals surface area contributed by atoms with Crippen LogP contribution >= 0.6 is 0 Å². The highest BCUT2D eigenvalue weighted by atomic mass is 15.1. The number of nitrogens with zero attached hydrogens (tertiary/aromatic N) is 1. The normalized spacial score (nSPS) is 12.6. The predicted octanol–water partition coefficient (Wildman–Crippen LogP) is 4.58. The summed E-state index contributed by atoms with van der Waals surface area (Å²) in [7, 11) is 2.11. The molecule has 3 rings (SSSR count). The molecule has 0 saturated carbocycles. The van der Waals surface area contributed by atoms with Crippen molar-refractivity contribution >= 4 is 29.6 Å². The highest BCUT2D eigenvalue weighted by Crippen LogP contribution is 2.35. The quantitative estimate of drug-likeness (QED) is 0.696. The topological polar surface area (TPSA) is 3.24 Å². The van der Waals surface area contributed by atoms with Gasteiger partial charge in [0.2, 0.25) is 0 Å². The van der Waals surface area contributed by atoms with Gasteiger partial charge in [-0.05, 0) is 34.9 Å². The van der Waals surface area contributed by atoms with Crippen molar-refractivity contribution in [2.45, 2.75) is 0 Å². The molecule has 0 amide bonds. The van der Waals surface area contributed by atoms with E-state index in [9.17, 15) is 0 Å². The molecule has 88 valence electrons. The molecule has 0 spiro atoms. The Kier molecular flexibility index (Phi) is 2.52. The molecule has 0 aromatic heterocycles. The molecule has 0 radical (unpaired) electrons. The van der Waals surface area contributed by atoms with Crippen LogP contribution in [-0.4, -0.2) is 7.05 Å². The zero-order valence-corrected chi connectivity index (χ0v) is 10.4. The second kappa shape index (κ2) is 4.19. The molecule has 18 heavy (non-hydrogen) atoms. The van der Waals surface area contributed by atoms with Crippen LogP contribution in [0.4, 0.5) is 11.4 Å². The van der Waals surface area contributed by atoms with Crippen molar-refractivity contribution in [3.05, 3.63) is 65.7 Å². The van der Waals surface area contributed by atoms with Crippen LogP contribution < -0.4 is 4.90 Å². The summed E-state index contributed by atoms with van der Waals surface area (Å²) in [5.74, 6) is 0. The fourth-order valence-electron chi connectivity index (χ4n) is 2.38. The molecule has 1 heteroatoms. The summed E-state index contributed by atoms with van der Waals surface area (Å²) < 4.78 is 0. The monoisotopic (exact) mass is 233 g/mol. The van der Waals surface area contributed by atoms with Crippen molar-refractivity contribution in [1.29, 1.82) is 0 Å². The van der Waals surface area contributed by atoms with Gasteiger partial charge in [-0.1, -0.05) is 49.1 Å². The van der Waals surface area contributed by atoms with Crippen LogP contribution in [0.1, 0.15) is 16.7 Å². The lowest BCUT2D eigenvalue weighted by Gasteiger charge is -2.22. The maximum atomic E-state index is 3.82. The molecule has 0 saturated heterocycles. The number of anilines is 2. The molecular formula is C17H15N. The molecule has 1 heterocycles. The summed E-state index contributed by atoms with van der Waals surface area (Å²) in [6.45, 7) is 3.82. The van der Waals surface area contributed by atoms with E-state index < -0.39 is 0 Å². The van der Waals surface area contributed by atoms with Crippen LogP contribution in [0.2, 0.25) is 0 Å². The lowest BCUT2D eigenvalue weighted by molar-refractivity contribution is 1.20. The smallest absolute Gasteiger partial charge is 0.0482 e. The van der Waals surface area contributed by atoms with E-state index in [2.05, 4.69) is 73.1 Å². The first-order chi connectivity index (χ1) is 8.79. The Morgan fingerprint density at radius 1 is 0.944 bits per heavy atom. The molecule has 2 aromatic carbocycles. The first-order valence-corrected chi connectivity index (χ1v) is 6.07. The zero-order chi connectivity index (χ0) is 12.5. The standard InChI is InChI=1S/C17H15N/c1-3-13-8-11-17-15(12-13)10-9-14-6-4-5-7-16(14)18(17)2/h3-12H,1H2,2H3. The van der Waals surface area contributed by atoms with Gasteiger partial charge in [0.05, 0.1) is 0 Å². The highest BCUT2D eigenvalue weighted by Gasteiger charge is 2.13. The fourth-order valence-corrected chi connectivity index (χ4v) is 2.38. The minimum atomic E-state index is 1.15. The highest BCUT2D eigenvalue weighted by molar-refractivity contribution is 5.89. The maximum absolute atomic E-state index is 3.82. The van der Waals surface area contributed by atoms with Crippen molar-refractivity contribution in [2.24, 2.45) is 0 Å². The Hall–Kier alpha value is -2.28. The van der Waals surface area contributed by atoms with Gasteiger partial charge in [0.25, 0.3) is 0 Å². The molecule has 1 aliphatic heterocycles. The molecule has 0 bridgehead atoms. The Bertz CT molecular complexity index is 638. The predicted molar refractivity (Wildman–Crippen MR) is 80.0 cm³/mol. The lowest BCUT2D eigenvalue weighted by atomic mass is 10.1. The Morgan fingerprint density at radius 2 is 1.67 bits per heavy atom. The van der Waals surface area contributed by atoms with E-state index in [0.717, 1.165) is 5.56 Å². The van der Waals surface area contributed by atoms with Crippen molar-refractivity contribution in [2.75, 3.05) is 11.9 Å². The number of hydrogen-bond acceptors (Lipinski definition) is 1. The van der Waals surface area contributed by atoms with Crippen LogP contribution in [0.3, 0.4) is 0 Å². The van der Waals surface area contributed by atoms with Crippen LogP contribution in [0, 0.1) is 0 Å². The molecule has 0 N–H and O–H groups in total. The number of rotatable bonds is 1. The van der Waals surface area contributed by atoms with Gasteiger partial charge >= 0.3 is 0 Å². The minimum absolute atomic E-state index is 1.15. The van der Waals surface area contributed by atoms with E-state index in [0.29, 0.717) is 0 Å². The van der Waals surface area contributed by atoms with E-state index in [1.54, 1.807) is 0 Å². The third-order valence-electron chi connectivity index (χ3n) is 3.39. The van der Waals surface area contributed by atoms with E-state index in [1.807, 2.05) is 6.08 Å². The van der Waals surface area contributed by atoms with E-state index >= 15 is 0 Å².